The number of halogens is 1. The largest absolute Gasteiger partial charge is 0.420 e. The monoisotopic (exact) mass is 567 g/mol. The highest BCUT2D eigenvalue weighted by molar-refractivity contribution is 7.93. The molecular weight excluding hydrogens is 550 g/mol. The van der Waals surface area contributed by atoms with Crippen LogP contribution in [0.3, 0.4) is 0 Å². The second kappa shape index (κ2) is 10.0. The number of oxazole rings is 1. The number of anilines is 1. The number of rotatable bonds is 7. The summed E-state index contributed by atoms with van der Waals surface area (Å²) in [5, 5.41) is -0.0653. The molecule has 0 bridgehead atoms. The van der Waals surface area contributed by atoms with Crippen molar-refractivity contribution in [2.45, 2.75) is 17.9 Å². The van der Waals surface area contributed by atoms with Crippen LogP contribution in [0.5, 0.6) is 0 Å². The van der Waals surface area contributed by atoms with Gasteiger partial charge < -0.3 is 4.42 Å². The first-order valence-electron chi connectivity index (χ1n) is 10.1. The average molecular weight is 568 g/mol. The summed E-state index contributed by atoms with van der Waals surface area (Å²) in [5.41, 5.74) is 1.55. The van der Waals surface area contributed by atoms with Gasteiger partial charge in [-0.3, -0.25) is 9.29 Å². The topological polar surface area (TPSA) is 153 Å². The average Bonchev–Trinajstić information content (AvgIpc) is 3.41. The minimum absolute atomic E-state index is 0.0230. The summed E-state index contributed by atoms with van der Waals surface area (Å²) in [5.74, 6) is 4.94. The van der Waals surface area contributed by atoms with Gasteiger partial charge in [0.15, 0.2) is 5.58 Å². The van der Waals surface area contributed by atoms with E-state index in [1.807, 2.05) is 0 Å². The predicted molar refractivity (Wildman–Crippen MR) is 136 cm³/mol. The summed E-state index contributed by atoms with van der Waals surface area (Å²) < 4.78 is 63.1. The van der Waals surface area contributed by atoms with E-state index in [4.69, 9.17) is 16.0 Å². The Morgan fingerprint density at radius 2 is 1.97 bits per heavy atom. The third kappa shape index (κ3) is 5.61. The van der Waals surface area contributed by atoms with Gasteiger partial charge in [0.05, 0.1) is 29.4 Å². The molecule has 2 aromatic heterocycles. The molecule has 0 spiro atoms. The number of nitrogens with zero attached hydrogens (tertiary/aromatic N) is 3. The minimum Gasteiger partial charge on any atom is -0.408 e. The number of hydrogen-bond donors (Lipinski definition) is 2. The zero-order valence-corrected chi connectivity index (χ0v) is 21.9. The fourth-order valence-electron chi connectivity index (χ4n) is 3.42. The number of benzene rings is 2. The van der Waals surface area contributed by atoms with Gasteiger partial charge in [-0.2, -0.15) is 4.37 Å². The van der Waals surface area contributed by atoms with Gasteiger partial charge in [-0.25, -0.2) is 31.3 Å². The Labute approximate surface area is 215 Å². The number of aromatic nitrogens is 3. The molecule has 4 aromatic rings. The van der Waals surface area contributed by atoms with Crippen LogP contribution in [0.4, 0.5) is 5.13 Å². The number of hydrogen-bond acceptors (Lipinski definition) is 9. The lowest BCUT2D eigenvalue weighted by Crippen LogP contribution is -2.22. The van der Waals surface area contributed by atoms with Gasteiger partial charge in [-0.15, -0.1) is 0 Å². The van der Waals surface area contributed by atoms with E-state index in [9.17, 15) is 21.6 Å². The SMILES string of the molecule is CC(c1ccccc1C#CCNS(C)(=O)=O)n1c(=O)oc2cc(S(=O)(=O)Nc3ncns3)c(Cl)cc21. The van der Waals surface area contributed by atoms with Gasteiger partial charge in [0.1, 0.15) is 11.2 Å². The molecule has 2 heterocycles. The highest BCUT2D eigenvalue weighted by Crippen LogP contribution is 2.31. The summed E-state index contributed by atoms with van der Waals surface area (Å²) in [6.45, 7) is 1.68. The maximum Gasteiger partial charge on any atom is 0.420 e. The smallest absolute Gasteiger partial charge is 0.408 e. The van der Waals surface area contributed by atoms with E-state index in [1.54, 1.807) is 31.2 Å². The van der Waals surface area contributed by atoms with Crippen molar-refractivity contribution in [2.24, 2.45) is 0 Å². The van der Waals surface area contributed by atoms with Crippen molar-refractivity contribution in [2.75, 3.05) is 17.5 Å². The molecule has 1 unspecified atom stereocenters. The molecule has 1 atom stereocenters. The van der Waals surface area contributed by atoms with Crippen LogP contribution in [0, 0.1) is 11.8 Å². The molecule has 0 aliphatic carbocycles. The van der Waals surface area contributed by atoms with Gasteiger partial charge in [-0.1, -0.05) is 41.6 Å². The lowest BCUT2D eigenvalue weighted by atomic mass is 10.0. The Hall–Kier alpha value is -3.22. The molecule has 4 rings (SSSR count). The molecule has 11 nitrogen and oxygen atoms in total. The lowest BCUT2D eigenvalue weighted by molar-refractivity contribution is 0.489. The molecule has 2 aromatic carbocycles. The van der Waals surface area contributed by atoms with E-state index in [0.29, 0.717) is 11.1 Å². The van der Waals surface area contributed by atoms with Crippen molar-refractivity contribution in [3.8, 4) is 11.8 Å². The third-order valence-electron chi connectivity index (χ3n) is 4.98. The van der Waals surface area contributed by atoms with E-state index in [2.05, 4.69) is 30.6 Å². The van der Waals surface area contributed by atoms with Gasteiger partial charge >= 0.3 is 5.76 Å². The molecule has 0 amide bonds. The van der Waals surface area contributed by atoms with Crippen LogP contribution in [-0.2, 0) is 20.0 Å². The first-order valence-corrected chi connectivity index (χ1v) is 14.7. The van der Waals surface area contributed by atoms with E-state index >= 15 is 0 Å². The van der Waals surface area contributed by atoms with Crippen molar-refractivity contribution < 1.29 is 21.3 Å². The Morgan fingerprint density at radius 3 is 2.67 bits per heavy atom. The van der Waals surface area contributed by atoms with Crippen LogP contribution in [0.25, 0.3) is 11.1 Å². The van der Waals surface area contributed by atoms with Gasteiger partial charge in [0, 0.05) is 23.2 Å². The van der Waals surface area contributed by atoms with E-state index < -0.39 is 31.8 Å². The van der Waals surface area contributed by atoms with Crippen molar-refractivity contribution in [3.63, 3.8) is 0 Å². The van der Waals surface area contributed by atoms with Gasteiger partial charge in [0.25, 0.3) is 10.0 Å². The normalized spacial score (nSPS) is 12.8. The van der Waals surface area contributed by atoms with Gasteiger partial charge in [0.2, 0.25) is 15.2 Å². The predicted octanol–water partition coefficient (Wildman–Crippen LogP) is 2.41. The van der Waals surface area contributed by atoms with Crippen molar-refractivity contribution >= 4 is 59.4 Å². The molecule has 2 N–H and O–H groups in total. The van der Waals surface area contributed by atoms with Crippen LogP contribution >= 0.6 is 23.1 Å². The van der Waals surface area contributed by atoms with Crippen LogP contribution in [0.1, 0.15) is 24.1 Å². The quantitative estimate of drug-likeness (QED) is 0.323. The van der Waals surface area contributed by atoms with E-state index in [0.717, 1.165) is 17.8 Å². The highest BCUT2D eigenvalue weighted by Gasteiger charge is 2.25. The fraction of sp³-hybridized carbons (Fsp3) is 0.190. The molecule has 36 heavy (non-hydrogen) atoms. The van der Waals surface area contributed by atoms with Gasteiger partial charge in [-0.05, 0) is 24.6 Å². The van der Waals surface area contributed by atoms with E-state index in [1.165, 1.54) is 23.0 Å². The number of nitrogens with one attached hydrogen (secondary N) is 2. The molecule has 0 radical (unpaired) electrons. The molecule has 15 heteroatoms. The molecule has 0 fully saturated rings. The molecular formula is C21H18ClN5O6S3. The summed E-state index contributed by atoms with van der Waals surface area (Å²) in [6.07, 6.45) is 2.24. The maximum atomic E-state index is 12.8. The van der Waals surface area contributed by atoms with Crippen LogP contribution in [0.2, 0.25) is 5.02 Å². The van der Waals surface area contributed by atoms with E-state index in [-0.39, 0.29) is 32.7 Å². The summed E-state index contributed by atoms with van der Waals surface area (Å²) >= 11 is 7.18. The Morgan fingerprint density at radius 1 is 1.22 bits per heavy atom. The highest BCUT2D eigenvalue weighted by atomic mass is 35.5. The minimum atomic E-state index is -4.12. The molecule has 0 aliphatic heterocycles. The molecule has 188 valence electrons. The van der Waals surface area contributed by atoms with Crippen LogP contribution in [0.15, 0.2) is 56.8 Å². The second-order valence-corrected chi connectivity index (χ2v) is 12.2. The van der Waals surface area contributed by atoms with Crippen molar-refractivity contribution in [1.82, 2.24) is 18.6 Å². The molecule has 0 aliphatic rings. The molecule has 0 saturated carbocycles. The first-order chi connectivity index (χ1) is 17.0. The zero-order chi connectivity index (χ0) is 26.1. The standard InChI is InChI=1S/C21H18ClN5O6S3/c1-13(15-8-4-3-6-14(15)7-5-9-25-35(2,29)30)27-17-10-16(22)19(11-18(17)33-21(27)28)36(31,32)26-20-23-12-24-34-20/h3-4,6,8,10-13,25H,9H2,1-2H3,(H,23,24,26). The lowest BCUT2D eigenvalue weighted by Gasteiger charge is -2.15. The summed E-state index contributed by atoms with van der Waals surface area (Å²) in [4.78, 5) is 16.3. The van der Waals surface area contributed by atoms with Crippen LogP contribution < -0.4 is 15.2 Å². The Kier molecular flexibility index (Phi) is 7.21. The third-order valence-corrected chi connectivity index (χ3v) is 8.17. The molecule has 0 saturated heterocycles. The fourth-order valence-corrected chi connectivity index (χ4v) is 5.95. The number of fused-ring (bicyclic) bond motifs is 1. The zero-order valence-electron chi connectivity index (χ0n) is 18.7. The maximum absolute atomic E-state index is 12.8. The van der Waals surface area contributed by atoms with Crippen molar-refractivity contribution in [1.29, 1.82) is 0 Å². The second-order valence-electron chi connectivity index (χ2n) is 7.50. The summed E-state index contributed by atoms with van der Waals surface area (Å²) in [7, 11) is -7.50. The first kappa shape index (κ1) is 25.9. The number of sulfonamides is 2. The van der Waals surface area contributed by atoms with Crippen LogP contribution in [-0.4, -0.2) is 43.6 Å². The Balaban J connectivity index is 1.73. The Bertz CT molecular complexity index is 1770. The van der Waals surface area contributed by atoms with Crippen molar-refractivity contribution in [3.05, 3.63) is 69.4 Å². The summed E-state index contributed by atoms with van der Waals surface area (Å²) in [6, 6.07) is 8.99.